The minimum atomic E-state index is -0.701. The zero-order valence-corrected chi connectivity index (χ0v) is 13.2. The van der Waals surface area contributed by atoms with Gasteiger partial charge in [-0.2, -0.15) is 0 Å². The molecular weight excluding hydrogens is 298 g/mol. The van der Waals surface area contributed by atoms with Gasteiger partial charge in [0.25, 0.3) is 5.91 Å². The first-order chi connectivity index (χ1) is 11.0. The van der Waals surface area contributed by atoms with Crippen LogP contribution in [-0.4, -0.2) is 48.7 Å². The number of methoxy groups -OCH3 is 1. The normalized spacial score (nSPS) is 21.8. The van der Waals surface area contributed by atoms with Crippen molar-refractivity contribution in [2.45, 2.75) is 19.3 Å². The van der Waals surface area contributed by atoms with Gasteiger partial charge in [0.15, 0.2) is 6.61 Å². The Kier molecular flexibility index (Phi) is 4.15. The number of carbonyl (C=O) groups excluding carboxylic acids is 1. The Hall–Kier alpha value is -2.24. The highest BCUT2D eigenvalue weighted by atomic mass is 16.5. The quantitative estimate of drug-likeness (QED) is 0.895. The minimum absolute atomic E-state index is 0.00167. The molecule has 6 heteroatoms. The molecule has 1 spiro atoms. The van der Waals surface area contributed by atoms with Crippen LogP contribution in [0.3, 0.4) is 0 Å². The Balaban J connectivity index is 1.45. The fourth-order valence-electron chi connectivity index (χ4n) is 3.36. The van der Waals surface area contributed by atoms with Crippen LogP contribution < -0.4 is 9.47 Å². The third-order valence-corrected chi connectivity index (χ3v) is 5.02. The molecular formula is C17H21NO5. The molecule has 1 saturated heterocycles. The lowest BCUT2D eigenvalue weighted by Crippen LogP contribution is -2.42. The number of rotatable bonds is 5. The third-order valence-electron chi connectivity index (χ3n) is 5.02. The molecule has 6 nitrogen and oxygen atoms in total. The molecule has 1 heterocycles. The summed E-state index contributed by atoms with van der Waals surface area (Å²) in [5.74, 6) is 0.397. The molecule has 1 atom stereocenters. The number of hydrogen-bond donors (Lipinski definition) is 1. The van der Waals surface area contributed by atoms with E-state index in [1.54, 1.807) is 36.3 Å². The molecule has 3 rings (SSSR count). The maximum atomic E-state index is 12.2. The van der Waals surface area contributed by atoms with Crippen LogP contribution in [0.4, 0.5) is 0 Å². The molecule has 1 aliphatic carbocycles. The Morgan fingerprint density at radius 2 is 1.83 bits per heavy atom. The fraction of sp³-hybridized carbons (Fsp3) is 0.529. The average Bonchev–Trinajstić information content (AvgIpc) is 3.27. The van der Waals surface area contributed by atoms with Crippen molar-refractivity contribution < 1.29 is 24.2 Å². The van der Waals surface area contributed by atoms with Crippen molar-refractivity contribution in [1.82, 2.24) is 4.90 Å². The van der Waals surface area contributed by atoms with Gasteiger partial charge in [-0.3, -0.25) is 9.59 Å². The van der Waals surface area contributed by atoms with Crippen molar-refractivity contribution in [3.05, 3.63) is 24.3 Å². The first-order valence-corrected chi connectivity index (χ1v) is 7.81. The number of carbonyl (C=O) groups is 2. The first-order valence-electron chi connectivity index (χ1n) is 7.81. The molecule has 1 aliphatic heterocycles. The van der Waals surface area contributed by atoms with Crippen molar-refractivity contribution in [2.75, 3.05) is 26.8 Å². The number of benzene rings is 1. The van der Waals surface area contributed by atoms with Gasteiger partial charge in [-0.15, -0.1) is 0 Å². The van der Waals surface area contributed by atoms with Crippen molar-refractivity contribution in [2.24, 2.45) is 11.3 Å². The van der Waals surface area contributed by atoms with E-state index in [0.29, 0.717) is 18.8 Å². The van der Waals surface area contributed by atoms with Crippen LogP contribution in [0.15, 0.2) is 24.3 Å². The van der Waals surface area contributed by atoms with Crippen LogP contribution >= 0.6 is 0 Å². The van der Waals surface area contributed by atoms with Gasteiger partial charge in [-0.05, 0) is 48.9 Å². The van der Waals surface area contributed by atoms with E-state index in [4.69, 9.17) is 14.6 Å². The highest BCUT2D eigenvalue weighted by molar-refractivity contribution is 5.78. The molecule has 2 aliphatic rings. The van der Waals surface area contributed by atoms with Crippen molar-refractivity contribution >= 4 is 11.9 Å². The fourth-order valence-corrected chi connectivity index (χ4v) is 3.36. The molecule has 0 aromatic heterocycles. The maximum Gasteiger partial charge on any atom is 0.307 e. The molecule has 1 saturated carbocycles. The summed E-state index contributed by atoms with van der Waals surface area (Å²) in [5.41, 5.74) is -0.0561. The zero-order valence-electron chi connectivity index (χ0n) is 13.2. The van der Waals surface area contributed by atoms with Crippen LogP contribution in [0, 0.1) is 11.3 Å². The lowest BCUT2D eigenvalue weighted by Gasteiger charge is -2.32. The Bertz CT molecular complexity index is 590. The monoisotopic (exact) mass is 319 g/mol. The van der Waals surface area contributed by atoms with E-state index in [-0.39, 0.29) is 23.8 Å². The number of carboxylic acids is 1. The van der Waals surface area contributed by atoms with Gasteiger partial charge in [-0.25, -0.2) is 0 Å². The third kappa shape index (κ3) is 3.25. The summed E-state index contributed by atoms with van der Waals surface area (Å²) in [7, 11) is 1.59. The van der Waals surface area contributed by atoms with E-state index >= 15 is 0 Å². The summed E-state index contributed by atoms with van der Waals surface area (Å²) < 4.78 is 10.6. The van der Waals surface area contributed by atoms with Crippen molar-refractivity contribution in [3.63, 3.8) is 0 Å². The van der Waals surface area contributed by atoms with E-state index in [9.17, 15) is 9.59 Å². The van der Waals surface area contributed by atoms with E-state index in [0.717, 1.165) is 25.0 Å². The summed E-state index contributed by atoms with van der Waals surface area (Å²) in [6.45, 7) is 1.24. The highest BCUT2D eigenvalue weighted by Gasteiger charge is 2.59. The molecule has 2 fully saturated rings. The predicted octanol–water partition coefficient (Wildman–Crippen LogP) is 1.79. The summed E-state index contributed by atoms with van der Waals surface area (Å²) in [6, 6.07) is 7.09. The lowest BCUT2D eigenvalue weighted by molar-refractivity contribution is -0.140. The number of ether oxygens (including phenoxy) is 2. The van der Waals surface area contributed by atoms with Gasteiger partial charge in [0.2, 0.25) is 0 Å². The number of piperidine rings is 1. The highest BCUT2D eigenvalue weighted by Crippen LogP contribution is 2.59. The number of hydrogen-bond acceptors (Lipinski definition) is 4. The van der Waals surface area contributed by atoms with Crippen LogP contribution in [0.25, 0.3) is 0 Å². The lowest BCUT2D eigenvalue weighted by atomic mass is 9.91. The van der Waals surface area contributed by atoms with Gasteiger partial charge in [0.1, 0.15) is 11.5 Å². The van der Waals surface area contributed by atoms with E-state index in [2.05, 4.69) is 0 Å². The molecule has 1 N–H and O–H groups in total. The molecule has 1 aromatic rings. The molecule has 23 heavy (non-hydrogen) atoms. The van der Waals surface area contributed by atoms with Gasteiger partial charge >= 0.3 is 5.97 Å². The topological polar surface area (TPSA) is 76.1 Å². The number of amides is 1. The molecule has 1 aromatic carbocycles. The van der Waals surface area contributed by atoms with Crippen LogP contribution in [0.5, 0.6) is 11.5 Å². The maximum absolute atomic E-state index is 12.2. The van der Waals surface area contributed by atoms with Crippen molar-refractivity contribution in [1.29, 1.82) is 0 Å². The molecule has 0 bridgehead atoms. The second-order valence-corrected chi connectivity index (χ2v) is 6.30. The summed E-state index contributed by atoms with van der Waals surface area (Å²) in [5, 5.41) is 9.08. The first kappa shape index (κ1) is 15.6. The number of carboxylic acid groups (broad SMARTS) is 1. The molecule has 0 radical (unpaired) electrons. The molecule has 1 amide bonds. The molecule has 124 valence electrons. The summed E-state index contributed by atoms with van der Waals surface area (Å²) >= 11 is 0. The Morgan fingerprint density at radius 1 is 1.22 bits per heavy atom. The summed E-state index contributed by atoms with van der Waals surface area (Å²) in [4.78, 5) is 25.0. The van der Waals surface area contributed by atoms with E-state index in [1.165, 1.54) is 0 Å². The minimum Gasteiger partial charge on any atom is -0.497 e. The van der Waals surface area contributed by atoms with Gasteiger partial charge in [0.05, 0.1) is 13.0 Å². The van der Waals surface area contributed by atoms with Gasteiger partial charge < -0.3 is 19.5 Å². The second kappa shape index (κ2) is 6.10. The summed E-state index contributed by atoms with van der Waals surface area (Å²) in [6.07, 6.45) is 2.31. The second-order valence-electron chi connectivity index (χ2n) is 6.30. The number of likely N-dealkylation sites (tertiary alicyclic amines) is 1. The molecule has 1 unspecified atom stereocenters. The van der Waals surface area contributed by atoms with Crippen LogP contribution in [0.1, 0.15) is 19.3 Å². The van der Waals surface area contributed by atoms with Crippen molar-refractivity contribution in [3.8, 4) is 11.5 Å². The largest absolute Gasteiger partial charge is 0.497 e. The van der Waals surface area contributed by atoms with E-state index < -0.39 is 5.97 Å². The Labute approximate surface area is 135 Å². The predicted molar refractivity (Wildman–Crippen MR) is 82.5 cm³/mol. The average molecular weight is 319 g/mol. The van der Waals surface area contributed by atoms with Gasteiger partial charge in [0, 0.05) is 13.1 Å². The number of nitrogens with zero attached hydrogens (tertiary/aromatic N) is 1. The van der Waals surface area contributed by atoms with Crippen LogP contribution in [0.2, 0.25) is 0 Å². The number of aliphatic carboxylic acids is 1. The van der Waals surface area contributed by atoms with E-state index in [1.807, 2.05) is 0 Å². The zero-order chi connectivity index (χ0) is 16.4. The SMILES string of the molecule is COc1ccc(OCC(=O)N2CCC3(CC2)CC3C(=O)O)cc1. The standard InChI is InChI=1S/C17H21NO5/c1-22-12-2-4-13(5-3-12)23-11-15(19)18-8-6-17(7-9-18)10-14(17)16(20)21/h2-5,14H,6-11H2,1H3,(H,20,21). The van der Waals surface area contributed by atoms with Gasteiger partial charge in [-0.1, -0.05) is 0 Å². The Morgan fingerprint density at radius 3 is 2.35 bits per heavy atom. The smallest absolute Gasteiger partial charge is 0.307 e. The van der Waals surface area contributed by atoms with Crippen LogP contribution in [-0.2, 0) is 9.59 Å².